The van der Waals surface area contributed by atoms with Crippen LogP contribution in [-0.4, -0.2) is 12.6 Å². The van der Waals surface area contributed by atoms with Gasteiger partial charge in [-0.3, -0.25) is 9.59 Å². The topological polar surface area (TPSA) is 63.4 Å². The van der Waals surface area contributed by atoms with Gasteiger partial charge in [0.15, 0.2) is 12.6 Å². The molecule has 0 atom stereocenters. The molecule has 4 aromatic carbocycles. The molecule has 4 nitrogen and oxygen atoms in total. The van der Waals surface area contributed by atoms with Crippen molar-refractivity contribution in [1.82, 2.24) is 0 Å². The number of fused-ring (bicyclic) bond motifs is 7. The van der Waals surface area contributed by atoms with Crippen LogP contribution in [0.2, 0.25) is 0 Å². The second-order valence-corrected chi connectivity index (χ2v) is 11.8. The molecular formula is C38H28N2O2S. The Morgan fingerprint density at radius 1 is 0.721 bits per heavy atom. The van der Waals surface area contributed by atoms with E-state index in [9.17, 15) is 9.59 Å². The monoisotopic (exact) mass is 576 g/mol. The number of allylic oxidation sites excluding steroid dienone is 3. The number of hydrogen-bond acceptors (Lipinski definition) is 5. The molecule has 5 heteroatoms. The molecule has 43 heavy (non-hydrogen) atoms. The van der Waals surface area contributed by atoms with Crippen molar-refractivity contribution in [2.24, 2.45) is 5.73 Å². The summed E-state index contributed by atoms with van der Waals surface area (Å²) in [6.45, 7) is 0. The Morgan fingerprint density at radius 2 is 1.26 bits per heavy atom. The molecule has 0 saturated heterocycles. The molecule has 0 unspecified atom stereocenters. The van der Waals surface area contributed by atoms with Crippen LogP contribution in [-0.2, 0) is 21.4 Å². The first-order valence-electron chi connectivity index (χ1n) is 14.2. The normalized spacial score (nSPS) is 15.1. The van der Waals surface area contributed by atoms with Gasteiger partial charge in [0.1, 0.15) is 0 Å². The van der Waals surface area contributed by atoms with Crippen LogP contribution in [0.3, 0.4) is 0 Å². The minimum Gasteiger partial charge on any atom is -0.403 e. The molecule has 0 aliphatic heterocycles. The van der Waals surface area contributed by atoms with Crippen molar-refractivity contribution in [2.75, 3.05) is 4.90 Å². The average molecular weight is 577 g/mol. The number of nitrogens with two attached hydrogens (primary N) is 1. The van der Waals surface area contributed by atoms with Gasteiger partial charge in [-0.1, -0.05) is 84.9 Å². The number of nitrogens with zero attached hydrogens (tertiary/aromatic N) is 1. The highest BCUT2D eigenvalue weighted by atomic mass is 32.1. The lowest BCUT2D eigenvalue weighted by atomic mass is 9.70. The highest BCUT2D eigenvalue weighted by Crippen LogP contribution is 2.62. The quantitative estimate of drug-likeness (QED) is 0.0924. The van der Waals surface area contributed by atoms with E-state index in [1.165, 1.54) is 38.3 Å². The highest BCUT2D eigenvalue weighted by molar-refractivity contribution is 7.13. The minimum absolute atomic E-state index is 0.131. The van der Waals surface area contributed by atoms with Crippen molar-refractivity contribution in [2.45, 2.75) is 11.8 Å². The highest BCUT2D eigenvalue weighted by Gasteiger charge is 2.52. The van der Waals surface area contributed by atoms with Gasteiger partial charge in [-0.15, -0.1) is 11.3 Å². The number of hydrogen-bond donors (Lipinski definition) is 1. The molecule has 0 bridgehead atoms. The van der Waals surface area contributed by atoms with E-state index in [0.29, 0.717) is 19.0 Å². The van der Waals surface area contributed by atoms with Gasteiger partial charge in [0.05, 0.1) is 16.7 Å². The zero-order valence-electron chi connectivity index (χ0n) is 23.3. The van der Waals surface area contributed by atoms with Crippen molar-refractivity contribution in [3.8, 4) is 11.1 Å². The summed E-state index contributed by atoms with van der Waals surface area (Å²) in [5.74, 6) is 0. The molecule has 208 valence electrons. The Kier molecular flexibility index (Phi) is 6.72. The predicted octanol–water partition coefficient (Wildman–Crippen LogP) is 7.97. The van der Waals surface area contributed by atoms with Crippen LogP contribution in [0.25, 0.3) is 17.2 Å². The van der Waals surface area contributed by atoms with Crippen molar-refractivity contribution < 1.29 is 9.59 Å². The van der Waals surface area contributed by atoms with E-state index in [-0.39, 0.29) is 5.57 Å². The molecule has 1 heterocycles. The van der Waals surface area contributed by atoms with Gasteiger partial charge < -0.3 is 10.6 Å². The number of para-hydroxylation sites is 2. The van der Waals surface area contributed by atoms with Crippen LogP contribution in [0.15, 0.2) is 144 Å². The summed E-state index contributed by atoms with van der Waals surface area (Å²) in [7, 11) is 0. The fraction of sp³-hybridized carbons (Fsp3) is 0.0526. The lowest BCUT2D eigenvalue weighted by Crippen LogP contribution is -2.27. The van der Waals surface area contributed by atoms with Crippen LogP contribution in [0.4, 0.5) is 11.4 Å². The zero-order chi connectivity index (χ0) is 29.4. The van der Waals surface area contributed by atoms with Gasteiger partial charge in [0, 0.05) is 33.7 Å². The van der Waals surface area contributed by atoms with Crippen LogP contribution in [0, 0.1) is 0 Å². The Morgan fingerprint density at radius 3 is 1.79 bits per heavy atom. The number of rotatable bonds is 7. The third-order valence-electron chi connectivity index (χ3n) is 8.38. The SMILES string of the molecule is N/C=C(\C=C1/Cc2sc(C=C(C=O)C=O)cc2C12c1ccccc1-c1ccccc12)N(c1ccccc1)c1ccccc1. The standard InChI is InChI=1S/C38H28N2O2S/c39-23-30(40(28-11-3-1-4-12-28)29-13-5-2-6-14-29)20-27-21-37-36(22-31(43-37)19-26(24-41)25-42)38(27)34-17-9-7-15-32(34)33-16-8-10-18-35(33)38/h1-20,22-25H,21,39H2/b27-20+,30-23+. The number of carbonyl (C=O) groups is 2. The predicted molar refractivity (Wildman–Crippen MR) is 175 cm³/mol. The minimum atomic E-state index is -0.541. The van der Waals surface area contributed by atoms with E-state index in [1.807, 2.05) is 36.4 Å². The largest absolute Gasteiger partial charge is 0.403 e. The molecular weight excluding hydrogens is 548 g/mol. The Labute approximate surface area is 254 Å². The summed E-state index contributed by atoms with van der Waals surface area (Å²) in [6, 6.07) is 39.9. The van der Waals surface area contributed by atoms with E-state index in [4.69, 9.17) is 5.73 Å². The van der Waals surface area contributed by atoms with Crippen molar-refractivity contribution in [3.63, 3.8) is 0 Å². The molecule has 7 rings (SSSR count). The molecule has 0 saturated carbocycles. The molecule has 0 radical (unpaired) electrons. The number of benzene rings is 4. The van der Waals surface area contributed by atoms with E-state index in [1.54, 1.807) is 23.6 Å². The summed E-state index contributed by atoms with van der Waals surface area (Å²) in [6.07, 6.45) is 7.56. The fourth-order valence-electron chi connectivity index (χ4n) is 6.71. The summed E-state index contributed by atoms with van der Waals surface area (Å²) < 4.78 is 0. The molecule has 2 aliphatic rings. The maximum absolute atomic E-state index is 11.5. The molecule has 1 spiro atoms. The van der Waals surface area contributed by atoms with E-state index < -0.39 is 5.41 Å². The van der Waals surface area contributed by atoms with Crippen LogP contribution >= 0.6 is 11.3 Å². The van der Waals surface area contributed by atoms with Crippen LogP contribution < -0.4 is 10.6 Å². The van der Waals surface area contributed by atoms with Gasteiger partial charge in [0.2, 0.25) is 0 Å². The Balaban J connectivity index is 1.48. The van der Waals surface area contributed by atoms with Gasteiger partial charge in [-0.2, -0.15) is 0 Å². The smallest absolute Gasteiger partial charge is 0.153 e. The van der Waals surface area contributed by atoms with Gasteiger partial charge >= 0.3 is 0 Å². The lowest BCUT2D eigenvalue weighted by molar-refractivity contribution is -0.109. The third-order valence-corrected chi connectivity index (χ3v) is 9.46. The van der Waals surface area contributed by atoms with Gasteiger partial charge in [-0.25, -0.2) is 0 Å². The Hall–Kier alpha value is -5.26. The first kappa shape index (κ1) is 26.6. The third kappa shape index (κ3) is 4.20. The zero-order valence-corrected chi connectivity index (χ0v) is 24.1. The molecule has 2 aliphatic carbocycles. The fourth-order valence-corrected chi connectivity index (χ4v) is 7.91. The van der Waals surface area contributed by atoms with E-state index in [2.05, 4.69) is 89.8 Å². The summed E-state index contributed by atoms with van der Waals surface area (Å²) in [5.41, 5.74) is 16.2. The van der Waals surface area contributed by atoms with Crippen LogP contribution in [0.1, 0.15) is 26.4 Å². The number of carbonyl (C=O) groups excluding carboxylic acids is 2. The van der Waals surface area contributed by atoms with E-state index >= 15 is 0 Å². The number of thiophene rings is 1. The number of aldehydes is 2. The summed E-state index contributed by atoms with van der Waals surface area (Å²) in [4.78, 5) is 27.2. The maximum atomic E-state index is 11.5. The lowest BCUT2D eigenvalue weighted by Gasteiger charge is -2.32. The van der Waals surface area contributed by atoms with E-state index in [0.717, 1.165) is 21.9 Å². The summed E-state index contributed by atoms with van der Waals surface area (Å²) in [5, 5.41) is 0. The second kappa shape index (κ2) is 10.9. The summed E-state index contributed by atoms with van der Waals surface area (Å²) >= 11 is 1.63. The van der Waals surface area contributed by atoms with Crippen LogP contribution in [0.5, 0.6) is 0 Å². The maximum Gasteiger partial charge on any atom is 0.153 e. The average Bonchev–Trinajstić information content (AvgIpc) is 3.69. The molecule has 0 amide bonds. The Bertz CT molecular complexity index is 1860. The van der Waals surface area contributed by atoms with Crippen molar-refractivity contribution in [1.29, 1.82) is 0 Å². The first-order chi connectivity index (χ1) is 21.2. The first-order valence-corrected chi connectivity index (χ1v) is 15.0. The van der Waals surface area contributed by atoms with Gasteiger partial charge in [-0.05, 0) is 75.9 Å². The number of anilines is 2. The van der Waals surface area contributed by atoms with Crippen molar-refractivity contribution in [3.05, 3.63) is 171 Å². The van der Waals surface area contributed by atoms with Crippen molar-refractivity contribution >= 4 is 41.4 Å². The molecule has 1 aromatic heterocycles. The molecule has 0 fully saturated rings. The molecule has 2 N–H and O–H groups in total. The second-order valence-electron chi connectivity index (χ2n) is 10.7. The molecule has 5 aromatic rings. The van der Waals surface area contributed by atoms with Gasteiger partial charge in [0.25, 0.3) is 0 Å².